The first-order chi connectivity index (χ1) is 34.1. The molecule has 3 aromatic heterocycles. The number of benzene rings is 6. The number of aromatic nitrogens is 3. The Balaban J connectivity index is 1.27. The molecule has 0 atom stereocenters. The van der Waals surface area contributed by atoms with Crippen LogP contribution >= 0.6 is 0 Å². The fourth-order valence-corrected chi connectivity index (χ4v) is 9.05. The minimum absolute atomic E-state index is 0.440. The Morgan fingerprint density at radius 1 is 0.623 bits per heavy atom. The molecule has 0 saturated carbocycles. The number of hydrogen-bond acceptors (Lipinski definition) is 4. The third kappa shape index (κ3) is 8.73. The van der Waals surface area contributed by atoms with Gasteiger partial charge in [-0.05, 0) is 104 Å². The maximum absolute atomic E-state index is 5.50. The van der Waals surface area contributed by atoms with Crippen LogP contribution in [0.5, 0.6) is 0 Å². The largest absolute Gasteiger partial charge is 0.294 e. The lowest BCUT2D eigenvalue weighted by Crippen LogP contribution is -2.19. The predicted octanol–water partition coefficient (Wildman–Crippen LogP) is 15.3. The summed E-state index contributed by atoms with van der Waals surface area (Å²) in [6, 6.07) is 60.6. The third-order valence-electron chi connectivity index (χ3n) is 12.2. The van der Waals surface area contributed by atoms with Crippen LogP contribution in [0.3, 0.4) is 0 Å². The molecule has 0 radical (unpaired) electrons. The lowest BCUT2D eigenvalue weighted by molar-refractivity contribution is 1.06. The van der Waals surface area contributed by atoms with E-state index < -0.39 is 0 Å². The van der Waals surface area contributed by atoms with Crippen molar-refractivity contribution in [2.75, 3.05) is 4.90 Å². The number of amidine groups is 2. The summed E-state index contributed by atoms with van der Waals surface area (Å²) in [5, 5.41) is 2.08. The Kier molecular flexibility index (Phi) is 12.6. The molecule has 0 fully saturated rings. The average molecular weight is 892 g/mol. The molecule has 1 aliphatic rings. The highest BCUT2D eigenvalue weighted by molar-refractivity contribution is 6.18. The van der Waals surface area contributed by atoms with E-state index in [1.54, 1.807) is 0 Å². The zero-order chi connectivity index (χ0) is 47.1. The van der Waals surface area contributed by atoms with Gasteiger partial charge in [-0.15, -0.1) is 0 Å². The summed E-state index contributed by atoms with van der Waals surface area (Å²) < 4.78 is 2.25. The Hall–Kier alpha value is -9.07. The summed E-state index contributed by atoms with van der Waals surface area (Å²) in [5.41, 5.74) is 14.0. The molecule has 0 spiro atoms. The first-order valence-corrected chi connectivity index (χ1v) is 23.1. The number of nitrogens with zero attached hydrogens (tertiary/aromatic N) is 7. The van der Waals surface area contributed by atoms with Gasteiger partial charge in [0.15, 0.2) is 11.7 Å². The maximum atomic E-state index is 5.50. The van der Waals surface area contributed by atoms with Crippen LogP contribution < -0.4 is 4.90 Å². The van der Waals surface area contributed by atoms with E-state index in [2.05, 4.69) is 167 Å². The molecule has 332 valence electrons. The highest BCUT2D eigenvalue weighted by Gasteiger charge is 2.31. The molecule has 7 nitrogen and oxygen atoms in total. The summed E-state index contributed by atoms with van der Waals surface area (Å²) in [5.74, 6) is 2.64. The zero-order valence-electron chi connectivity index (χ0n) is 38.6. The summed E-state index contributed by atoms with van der Waals surface area (Å²) in [4.78, 5) is 27.5. The van der Waals surface area contributed by atoms with Gasteiger partial charge >= 0.3 is 0 Å². The molecule has 0 aliphatic carbocycles. The van der Waals surface area contributed by atoms with E-state index in [9.17, 15) is 0 Å². The maximum Gasteiger partial charge on any atom is 0.161 e. The second-order valence-electron chi connectivity index (χ2n) is 16.5. The summed E-state index contributed by atoms with van der Waals surface area (Å²) in [6.45, 7) is 12.5. The Bertz CT molecular complexity index is 3560. The minimum atomic E-state index is 0.440. The van der Waals surface area contributed by atoms with Gasteiger partial charge in [0.1, 0.15) is 11.6 Å². The molecular formula is C62H49N7. The standard InChI is InChI=1S/C62H49N7/c1-5-8-30-49-50-31-18-19-32-55(50)69(60-39-48(44(22-6-2)23-7-3)38-54(66-60)45-26-14-10-15-27-45)57-41-58-53(40-52(49)57)51-37-47(34-35-56(51)68(58)59-33-20-21-36-64-59)62(65-42-43-24-12-9-13-25-43)67-61(63-4)46-28-16-11-17-29-46/h5-41H,2,4,42H2,1,3H3/b8-5-,23-7-,44-22+,49-30+,65-62?,67-61?. The number of pyridine rings is 2. The average Bonchev–Trinajstić information content (AvgIpc) is 3.72. The van der Waals surface area contributed by atoms with Gasteiger partial charge in [0.05, 0.1) is 34.6 Å². The van der Waals surface area contributed by atoms with Crippen LogP contribution in [0.1, 0.15) is 47.2 Å². The van der Waals surface area contributed by atoms with E-state index in [-0.39, 0.29) is 0 Å². The van der Waals surface area contributed by atoms with Crippen molar-refractivity contribution in [1.29, 1.82) is 0 Å². The van der Waals surface area contributed by atoms with Crippen molar-refractivity contribution in [3.8, 4) is 17.1 Å². The normalized spacial score (nSPS) is 13.7. The Morgan fingerprint density at radius 2 is 1.36 bits per heavy atom. The van der Waals surface area contributed by atoms with E-state index in [0.717, 1.165) is 101 Å². The molecular weight excluding hydrogens is 843 g/mol. The highest BCUT2D eigenvalue weighted by atomic mass is 15.2. The number of para-hydroxylation sites is 1. The Labute approximate surface area is 403 Å². The van der Waals surface area contributed by atoms with Gasteiger partial charge in [0.25, 0.3) is 0 Å². The molecule has 7 heteroatoms. The molecule has 0 amide bonds. The van der Waals surface area contributed by atoms with Crippen molar-refractivity contribution in [2.45, 2.75) is 20.4 Å². The van der Waals surface area contributed by atoms with Crippen LogP contribution in [0.15, 0.2) is 246 Å². The van der Waals surface area contributed by atoms with Crippen LogP contribution in [0.25, 0.3) is 50.0 Å². The molecule has 9 aromatic rings. The number of anilines is 3. The van der Waals surface area contributed by atoms with Gasteiger partial charge in [0.2, 0.25) is 0 Å². The van der Waals surface area contributed by atoms with Crippen LogP contribution in [-0.4, -0.2) is 32.9 Å². The monoisotopic (exact) mass is 891 g/mol. The molecule has 10 rings (SSSR count). The van der Waals surface area contributed by atoms with Crippen LogP contribution in [0, 0.1) is 0 Å². The second kappa shape index (κ2) is 19.8. The molecule has 69 heavy (non-hydrogen) atoms. The van der Waals surface area contributed by atoms with Crippen molar-refractivity contribution < 1.29 is 0 Å². The lowest BCUT2D eigenvalue weighted by Gasteiger charge is -2.34. The van der Waals surface area contributed by atoms with Crippen LogP contribution in [0.2, 0.25) is 0 Å². The zero-order valence-corrected chi connectivity index (χ0v) is 38.6. The summed E-state index contributed by atoms with van der Waals surface area (Å²) in [6.07, 6.45) is 16.3. The number of fused-ring (bicyclic) bond motifs is 5. The van der Waals surface area contributed by atoms with Crippen LogP contribution in [-0.2, 0) is 6.54 Å². The number of aliphatic imine (C=N–C) groups is 3. The SMILES string of the molecule is C=C/C=C(\C=C/C)c1cc(-c2ccccc2)nc(N2c3ccccc3/C(=C\C=C/C)c3cc4c5cc(C(=NCc6ccccc6)N=C(N=C)c6ccccc6)ccc5n(-c5ccccn5)c4cc32)c1. The second-order valence-corrected chi connectivity index (χ2v) is 16.5. The number of rotatable bonds is 11. The van der Waals surface area contributed by atoms with Crippen molar-refractivity contribution in [3.05, 3.63) is 265 Å². The molecule has 0 bridgehead atoms. The fourth-order valence-electron chi connectivity index (χ4n) is 9.05. The fraction of sp³-hybridized carbons (Fsp3) is 0.0484. The van der Waals surface area contributed by atoms with E-state index in [0.29, 0.717) is 18.2 Å². The van der Waals surface area contributed by atoms with Gasteiger partial charge in [0, 0.05) is 44.8 Å². The van der Waals surface area contributed by atoms with Crippen molar-refractivity contribution in [3.63, 3.8) is 0 Å². The van der Waals surface area contributed by atoms with Gasteiger partial charge in [-0.3, -0.25) is 14.5 Å². The minimum Gasteiger partial charge on any atom is -0.294 e. The molecule has 0 N–H and O–H groups in total. The molecule has 6 aromatic carbocycles. The van der Waals surface area contributed by atoms with E-state index in [1.807, 2.05) is 98.9 Å². The van der Waals surface area contributed by atoms with Crippen LogP contribution in [0.4, 0.5) is 17.2 Å². The van der Waals surface area contributed by atoms with Gasteiger partial charge in [-0.1, -0.05) is 164 Å². The number of hydrogen-bond donors (Lipinski definition) is 0. The smallest absolute Gasteiger partial charge is 0.161 e. The van der Waals surface area contributed by atoms with Gasteiger partial charge < -0.3 is 0 Å². The lowest BCUT2D eigenvalue weighted by atomic mass is 9.88. The van der Waals surface area contributed by atoms with E-state index in [4.69, 9.17) is 20.0 Å². The van der Waals surface area contributed by atoms with E-state index >= 15 is 0 Å². The van der Waals surface area contributed by atoms with Crippen molar-refractivity contribution >= 4 is 68.5 Å². The molecule has 4 heterocycles. The summed E-state index contributed by atoms with van der Waals surface area (Å²) >= 11 is 0. The van der Waals surface area contributed by atoms with Gasteiger partial charge in [-0.2, -0.15) is 0 Å². The van der Waals surface area contributed by atoms with Crippen molar-refractivity contribution in [1.82, 2.24) is 14.5 Å². The predicted molar refractivity (Wildman–Crippen MR) is 291 cm³/mol. The van der Waals surface area contributed by atoms with Gasteiger partial charge in [-0.25, -0.2) is 20.0 Å². The first-order valence-electron chi connectivity index (χ1n) is 23.1. The summed E-state index contributed by atoms with van der Waals surface area (Å²) in [7, 11) is 0. The Morgan fingerprint density at radius 3 is 2.10 bits per heavy atom. The quantitative estimate of drug-likeness (QED) is 0.0738. The first kappa shape index (κ1) is 43.8. The topological polar surface area (TPSA) is 71.0 Å². The molecule has 0 unspecified atom stereocenters. The molecule has 1 aliphatic heterocycles. The highest BCUT2D eigenvalue weighted by Crippen LogP contribution is 2.51. The molecule has 0 saturated heterocycles. The third-order valence-corrected chi connectivity index (χ3v) is 12.2. The van der Waals surface area contributed by atoms with Crippen molar-refractivity contribution in [2.24, 2.45) is 15.0 Å². The van der Waals surface area contributed by atoms with E-state index in [1.165, 1.54) is 0 Å². The number of allylic oxidation sites excluding steroid dienone is 8.